The summed E-state index contributed by atoms with van der Waals surface area (Å²) in [5, 5.41) is 4.91. The molecule has 0 spiro atoms. The molecule has 0 aliphatic heterocycles. The average molecular weight is 298 g/mol. The van der Waals surface area contributed by atoms with Crippen LogP contribution >= 0.6 is 0 Å². The van der Waals surface area contributed by atoms with E-state index in [9.17, 15) is 0 Å². The van der Waals surface area contributed by atoms with Gasteiger partial charge in [-0.2, -0.15) is 0 Å². The monoisotopic (exact) mass is 298 g/mol. The highest BCUT2D eigenvalue weighted by Gasteiger charge is 2.18. The highest BCUT2D eigenvalue weighted by atomic mass is 17.5. The lowest BCUT2D eigenvalue weighted by Gasteiger charge is -2.23. The third-order valence-corrected chi connectivity index (χ3v) is 4.96. The molecule has 124 valence electrons. The largest absolute Gasteiger partial charge is 0.203 e. The SMILES string of the molecule is C1CCC(OOOC2CCCCC2)CC1.C1CCCCC1. The van der Waals surface area contributed by atoms with E-state index in [2.05, 4.69) is 0 Å². The van der Waals surface area contributed by atoms with E-state index in [0.717, 1.165) is 25.7 Å². The molecular weight excluding hydrogens is 264 g/mol. The van der Waals surface area contributed by atoms with Crippen LogP contribution in [-0.4, -0.2) is 12.2 Å². The third-order valence-electron chi connectivity index (χ3n) is 4.96. The van der Waals surface area contributed by atoms with Crippen molar-refractivity contribution in [2.24, 2.45) is 0 Å². The van der Waals surface area contributed by atoms with Crippen molar-refractivity contribution in [2.75, 3.05) is 0 Å². The van der Waals surface area contributed by atoms with Gasteiger partial charge in [-0.25, -0.2) is 9.78 Å². The molecule has 3 heteroatoms. The fourth-order valence-electron chi connectivity index (χ4n) is 3.52. The first-order valence-corrected chi connectivity index (χ1v) is 9.44. The van der Waals surface area contributed by atoms with Gasteiger partial charge in [0.05, 0.1) is 12.2 Å². The van der Waals surface area contributed by atoms with Crippen molar-refractivity contribution in [3.05, 3.63) is 0 Å². The first-order valence-electron chi connectivity index (χ1n) is 9.44. The van der Waals surface area contributed by atoms with E-state index in [1.807, 2.05) is 0 Å². The van der Waals surface area contributed by atoms with E-state index in [1.54, 1.807) is 0 Å². The first kappa shape index (κ1) is 17.2. The summed E-state index contributed by atoms with van der Waals surface area (Å²) < 4.78 is 0. The van der Waals surface area contributed by atoms with Crippen LogP contribution in [0.1, 0.15) is 103 Å². The van der Waals surface area contributed by atoms with Gasteiger partial charge in [-0.1, -0.05) is 82.1 Å². The van der Waals surface area contributed by atoms with Gasteiger partial charge in [-0.3, -0.25) is 0 Å². The van der Waals surface area contributed by atoms with Gasteiger partial charge >= 0.3 is 0 Å². The van der Waals surface area contributed by atoms with Gasteiger partial charge in [0.2, 0.25) is 0 Å². The van der Waals surface area contributed by atoms with Crippen LogP contribution in [-0.2, 0) is 14.8 Å². The normalized spacial score (nSPS) is 25.1. The Hall–Kier alpha value is -0.120. The Morgan fingerprint density at radius 1 is 0.381 bits per heavy atom. The van der Waals surface area contributed by atoms with E-state index in [4.69, 9.17) is 14.8 Å². The Balaban J connectivity index is 0.000000225. The molecule has 21 heavy (non-hydrogen) atoms. The fourth-order valence-corrected chi connectivity index (χ4v) is 3.52. The molecule has 0 aromatic carbocycles. The molecule has 3 aliphatic rings. The Morgan fingerprint density at radius 2 is 0.667 bits per heavy atom. The molecule has 0 heterocycles. The molecule has 0 atom stereocenters. The van der Waals surface area contributed by atoms with Crippen molar-refractivity contribution in [1.29, 1.82) is 0 Å². The maximum absolute atomic E-state index is 5.26. The summed E-state index contributed by atoms with van der Waals surface area (Å²) in [6.07, 6.45) is 21.7. The van der Waals surface area contributed by atoms with Crippen molar-refractivity contribution in [2.45, 2.75) is 115 Å². The molecule has 0 bridgehead atoms. The molecule has 0 N–H and O–H groups in total. The highest BCUT2D eigenvalue weighted by molar-refractivity contribution is 4.64. The summed E-state index contributed by atoms with van der Waals surface area (Å²) in [6, 6.07) is 0. The second kappa shape index (κ2) is 11.4. The fraction of sp³-hybridized carbons (Fsp3) is 1.00. The van der Waals surface area contributed by atoms with Gasteiger partial charge < -0.3 is 0 Å². The average Bonchev–Trinajstić information content (AvgIpc) is 2.59. The molecule has 3 saturated carbocycles. The van der Waals surface area contributed by atoms with E-state index in [1.165, 1.54) is 77.0 Å². The van der Waals surface area contributed by atoms with E-state index < -0.39 is 0 Å². The van der Waals surface area contributed by atoms with E-state index >= 15 is 0 Å². The van der Waals surface area contributed by atoms with Gasteiger partial charge in [0.15, 0.2) is 0 Å². The summed E-state index contributed by atoms with van der Waals surface area (Å²) in [5.74, 6) is 0. The molecular formula is C18H34O3. The van der Waals surface area contributed by atoms with Crippen LogP contribution in [0.25, 0.3) is 0 Å². The predicted molar refractivity (Wildman–Crippen MR) is 84.7 cm³/mol. The van der Waals surface area contributed by atoms with Gasteiger partial charge in [-0.05, 0) is 25.7 Å². The lowest BCUT2D eigenvalue weighted by Crippen LogP contribution is -2.21. The second-order valence-electron chi connectivity index (χ2n) is 6.90. The number of rotatable bonds is 4. The quantitative estimate of drug-likeness (QED) is 0.479. The molecule has 3 fully saturated rings. The Morgan fingerprint density at radius 3 is 1.00 bits per heavy atom. The molecule has 3 aliphatic carbocycles. The van der Waals surface area contributed by atoms with Gasteiger partial charge in [0, 0.05) is 0 Å². The van der Waals surface area contributed by atoms with E-state index in [-0.39, 0.29) is 12.2 Å². The second-order valence-corrected chi connectivity index (χ2v) is 6.90. The lowest BCUT2D eigenvalue weighted by molar-refractivity contribution is -0.541. The lowest BCUT2D eigenvalue weighted by atomic mass is 9.98. The minimum atomic E-state index is 0.266. The van der Waals surface area contributed by atoms with Gasteiger partial charge in [-0.15, -0.1) is 0 Å². The summed E-state index contributed by atoms with van der Waals surface area (Å²) in [6.45, 7) is 0. The van der Waals surface area contributed by atoms with Crippen molar-refractivity contribution in [3.8, 4) is 0 Å². The minimum Gasteiger partial charge on any atom is -0.203 e. The summed E-state index contributed by atoms with van der Waals surface area (Å²) in [7, 11) is 0. The van der Waals surface area contributed by atoms with Crippen molar-refractivity contribution in [3.63, 3.8) is 0 Å². The van der Waals surface area contributed by atoms with Gasteiger partial charge in [0.1, 0.15) is 0 Å². The number of hydrogen-bond acceptors (Lipinski definition) is 3. The maximum Gasteiger partial charge on any atom is 0.0961 e. The third kappa shape index (κ3) is 8.18. The first-order chi connectivity index (χ1) is 10.4. The Kier molecular flexibility index (Phi) is 9.40. The number of hydrogen-bond donors (Lipinski definition) is 0. The highest BCUT2D eigenvalue weighted by Crippen LogP contribution is 2.23. The molecule has 0 radical (unpaired) electrons. The summed E-state index contributed by atoms with van der Waals surface area (Å²) in [4.78, 5) is 10.5. The standard InChI is InChI=1S/C12H22O3.C6H12/c1-3-7-11(8-4-1)13-15-14-12-9-5-2-6-10-12;1-2-4-6-5-3-1/h11-12H,1-10H2;1-6H2. The van der Waals surface area contributed by atoms with Crippen LogP contribution in [0.5, 0.6) is 0 Å². The van der Waals surface area contributed by atoms with E-state index in [0.29, 0.717) is 0 Å². The summed E-state index contributed by atoms with van der Waals surface area (Å²) in [5.41, 5.74) is 0. The molecule has 0 aromatic rings. The van der Waals surface area contributed by atoms with Crippen LogP contribution in [0.15, 0.2) is 0 Å². The Labute approximate surface area is 130 Å². The molecule has 0 amide bonds. The molecule has 0 saturated heterocycles. The molecule has 0 aromatic heterocycles. The molecule has 3 nitrogen and oxygen atoms in total. The topological polar surface area (TPSA) is 27.7 Å². The molecule has 0 unspecified atom stereocenters. The summed E-state index contributed by atoms with van der Waals surface area (Å²) >= 11 is 0. The zero-order valence-corrected chi connectivity index (χ0v) is 13.7. The Bertz CT molecular complexity index is 199. The van der Waals surface area contributed by atoms with Crippen LogP contribution in [0, 0.1) is 0 Å². The van der Waals surface area contributed by atoms with Crippen LogP contribution in [0.4, 0.5) is 0 Å². The van der Waals surface area contributed by atoms with Gasteiger partial charge in [0.25, 0.3) is 0 Å². The maximum atomic E-state index is 5.26. The van der Waals surface area contributed by atoms with Crippen LogP contribution in [0.3, 0.4) is 0 Å². The predicted octanol–water partition coefficient (Wildman–Crippen LogP) is 5.87. The van der Waals surface area contributed by atoms with Crippen LogP contribution < -0.4 is 0 Å². The smallest absolute Gasteiger partial charge is 0.0961 e. The van der Waals surface area contributed by atoms with Crippen LogP contribution in [0.2, 0.25) is 0 Å². The van der Waals surface area contributed by atoms with Crippen molar-refractivity contribution >= 4 is 0 Å². The zero-order valence-electron chi connectivity index (χ0n) is 13.7. The van der Waals surface area contributed by atoms with Crippen molar-refractivity contribution in [1.82, 2.24) is 0 Å². The zero-order chi connectivity index (χ0) is 14.6. The van der Waals surface area contributed by atoms with Crippen molar-refractivity contribution < 1.29 is 14.8 Å². The molecule has 3 rings (SSSR count). The minimum absolute atomic E-state index is 0.266.